The number of hydrazine groups is 1. The topological polar surface area (TPSA) is 140 Å². The van der Waals surface area contributed by atoms with Gasteiger partial charge < -0.3 is 0 Å². The van der Waals surface area contributed by atoms with Crippen LogP contribution in [-0.4, -0.2) is 31.7 Å². The highest BCUT2D eigenvalue weighted by Gasteiger charge is 2.73. The van der Waals surface area contributed by atoms with Crippen molar-refractivity contribution in [1.82, 2.24) is 25.8 Å². The highest BCUT2D eigenvalue weighted by atomic mass is 16.6. The zero-order valence-corrected chi connectivity index (χ0v) is 18.4. The molecule has 0 radical (unpaired) electrons. The molecule has 2 N–H and O–H groups in total. The third-order valence-corrected chi connectivity index (χ3v) is 7.81. The van der Waals surface area contributed by atoms with E-state index in [-0.39, 0.29) is 11.4 Å². The second-order valence-corrected chi connectivity index (χ2v) is 9.34. The molecule has 2 unspecified atom stereocenters. The fraction of sp³-hybridized carbons (Fsp3) is 0.348. The molecule has 2 amide bonds. The SMILES string of the molecule is CC12CCC(C(=O)NNC(=O)c3ccccn3)(c3nc4cc([N+](=O)[O-])ccc4nc31)C2(C)C. The number of nitro benzene ring substituents is 1. The first-order valence-electron chi connectivity index (χ1n) is 10.6. The van der Waals surface area contributed by atoms with Gasteiger partial charge in [0.15, 0.2) is 0 Å². The number of benzene rings is 1. The number of nitro groups is 1. The summed E-state index contributed by atoms with van der Waals surface area (Å²) in [5, 5.41) is 11.2. The van der Waals surface area contributed by atoms with Crippen LogP contribution < -0.4 is 10.9 Å². The molecule has 10 heteroatoms. The number of amides is 2. The second-order valence-electron chi connectivity index (χ2n) is 9.34. The van der Waals surface area contributed by atoms with E-state index in [1.165, 1.54) is 18.3 Å². The Bertz CT molecular complexity index is 1340. The molecule has 2 aromatic heterocycles. The van der Waals surface area contributed by atoms with Gasteiger partial charge in [0.1, 0.15) is 11.1 Å². The number of aromatic nitrogens is 3. The summed E-state index contributed by atoms with van der Waals surface area (Å²) in [4.78, 5) is 50.4. The molecular weight excluding hydrogens is 424 g/mol. The third-order valence-electron chi connectivity index (χ3n) is 7.81. The predicted molar refractivity (Wildman–Crippen MR) is 118 cm³/mol. The first-order valence-corrected chi connectivity index (χ1v) is 10.6. The van der Waals surface area contributed by atoms with Gasteiger partial charge in [0, 0.05) is 23.7 Å². The maximum Gasteiger partial charge on any atom is 0.288 e. The van der Waals surface area contributed by atoms with E-state index < -0.39 is 33.0 Å². The Kier molecular flexibility index (Phi) is 4.29. The summed E-state index contributed by atoms with van der Waals surface area (Å²) in [6.07, 6.45) is 2.74. The zero-order valence-electron chi connectivity index (χ0n) is 18.4. The molecule has 0 saturated heterocycles. The summed E-state index contributed by atoms with van der Waals surface area (Å²) in [7, 11) is 0. The molecule has 2 heterocycles. The summed E-state index contributed by atoms with van der Waals surface area (Å²) in [5.41, 5.74) is 5.22. The Balaban J connectivity index is 1.57. The van der Waals surface area contributed by atoms with Crippen LogP contribution in [0, 0.1) is 15.5 Å². The number of fused-ring (bicyclic) bond motifs is 6. The molecule has 2 atom stereocenters. The van der Waals surface area contributed by atoms with Crippen molar-refractivity contribution in [2.24, 2.45) is 5.41 Å². The molecule has 1 saturated carbocycles. The molecule has 0 spiro atoms. The summed E-state index contributed by atoms with van der Waals surface area (Å²) in [5.74, 6) is -0.921. The molecule has 1 aromatic carbocycles. The average Bonchev–Trinajstić information content (AvgIpc) is 3.10. The quantitative estimate of drug-likeness (QED) is 0.466. The molecule has 10 nitrogen and oxygen atoms in total. The number of carbonyl (C=O) groups excluding carboxylic acids is 2. The smallest absolute Gasteiger partial charge is 0.272 e. The van der Waals surface area contributed by atoms with E-state index in [2.05, 4.69) is 22.8 Å². The lowest BCUT2D eigenvalue weighted by atomic mass is 9.63. The number of nitrogens with zero attached hydrogens (tertiary/aromatic N) is 4. The molecule has 1 fully saturated rings. The Hall–Kier alpha value is -3.95. The molecule has 2 aliphatic carbocycles. The van der Waals surface area contributed by atoms with Gasteiger partial charge in [0.25, 0.3) is 17.5 Å². The van der Waals surface area contributed by atoms with Crippen molar-refractivity contribution in [2.75, 3.05) is 0 Å². The van der Waals surface area contributed by atoms with E-state index in [9.17, 15) is 19.7 Å². The highest BCUT2D eigenvalue weighted by Crippen LogP contribution is 2.70. The van der Waals surface area contributed by atoms with E-state index in [0.717, 1.165) is 12.1 Å². The molecule has 3 aromatic rings. The van der Waals surface area contributed by atoms with E-state index in [1.54, 1.807) is 24.3 Å². The number of nitrogens with one attached hydrogen (secondary N) is 2. The van der Waals surface area contributed by atoms with Crippen molar-refractivity contribution >= 4 is 28.5 Å². The number of rotatable bonds is 3. The molecular formula is C23H22N6O4. The van der Waals surface area contributed by atoms with Gasteiger partial charge in [0.2, 0.25) is 0 Å². The van der Waals surface area contributed by atoms with Gasteiger partial charge in [-0.2, -0.15) is 0 Å². The van der Waals surface area contributed by atoms with Crippen molar-refractivity contribution in [2.45, 2.75) is 44.4 Å². The van der Waals surface area contributed by atoms with Crippen LogP contribution in [0.1, 0.15) is 55.5 Å². The Labute approximate surface area is 189 Å². The Morgan fingerprint density at radius 3 is 2.45 bits per heavy atom. The largest absolute Gasteiger partial charge is 0.288 e. The second kappa shape index (κ2) is 6.77. The van der Waals surface area contributed by atoms with E-state index in [0.29, 0.717) is 23.1 Å². The summed E-state index contributed by atoms with van der Waals surface area (Å²) >= 11 is 0. The average molecular weight is 446 g/mol. The lowest BCUT2D eigenvalue weighted by molar-refractivity contribution is -0.384. The summed E-state index contributed by atoms with van der Waals surface area (Å²) in [6.45, 7) is 6.10. The Morgan fingerprint density at radius 1 is 1.00 bits per heavy atom. The number of carbonyl (C=O) groups is 2. The molecule has 168 valence electrons. The van der Waals surface area contributed by atoms with E-state index in [4.69, 9.17) is 9.97 Å². The lowest BCUT2D eigenvalue weighted by Gasteiger charge is -2.39. The molecule has 2 bridgehead atoms. The minimum Gasteiger partial charge on any atom is -0.272 e. The fourth-order valence-corrected chi connectivity index (χ4v) is 5.49. The van der Waals surface area contributed by atoms with Gasteiger partial charge in [-0.25, -0.2) is 9.97 Å². The molecule has 0 aliphatic heterocycles. The maximum atomic E-state index is 13.7. The monoisotopic (exact) mass is 446 g/mol. The van der Waals surface area contributed by atoms with Crippen LogP contribution in [0.3, 0.4) is 0 Å². The summed E-state index contributed by atoms with van der Waals surface area (Å²) < 4.78 is 0. The first kappa shape index (κ1) is 20.9. The standard InChI is InChI=1S/C23H22N6O4/c1-21(2)22(3)9-10-23(21,20(31)28-27-19(30)15-6-4-5-11-24-15)18-17(22)25-14-8-7-13(29(32)33)12-16(14)26-18/h4-8,11-12H,9-10H2,1-3H3,(H,27,30)(H,28,31). The van der Waals surface area contributed by atoms with Gasteiger partial charge in [0.05, 0.1) is 27.3 Å². The van der Waals surface area contributed by atoms with Gasteiger partial charge >= 0.3 is 0 Å². The lowest BCUT2D eigenvalue weighted by Crippen LogP contribution is -2.55. The van der Waals surface area contributed by atoms with Crippen LogP contribution >= 0.6 is 0 Å². The van der Waals surface area contributed by atoms with E-state index in [1.807, 2.05) is 13.8 Å². The van der Waals surface area contributed by atoms with Crippen LogP contribution in [0.5, 0.6) is 0 Å². The van der Waals surface area contributed by atoms with Crippen molar-refractivity contribution in [1.29, 1.82) is 0 Å². The van der Waals surface area contributed by atoms with E-state index >= 15 is 0 Å². The minimum absolute atomic E-state index is 0.0912. The highest BCUT2D eigenvalue weighted by molar-refractivity contribution is 5.97. The van der Waals surface area contributed by atoms with Crippen molar-refractivity contribution in [3.8, 4) is 0 Å². The number of non-ortho nitro benzene ring substituents is 1. The zero-order chi connectivity index (χ0) is 23.6. The van der Waals surface area contributed by atoms with Gasteiger partial charge in [-0.05, 0) is 36.5 Å². The van der Waals surface area contributed by atoms with Crippen molar-refractivity contribution in [3.05, 3.63) is 69.8 Å². The van der Waals surface area contributed by atoms with Crippen LogP contribution in [0.2, 0.25) is 0 Å². The number of pyridine rings is 1. The van der Waals surface area contributed by atoms with Crippen LogP contribution in [0.15, 0.2) is 42.6 Å². The Morgan fingerprint density at radius 2 is 1.76 bits per heavy atom. The summed E-state index contributed by atoms with van der Waals surface area (Å²) in [6, 6.07) is 9.28. The van der Waals surface area contributed by atoms with Gasteiger partial charge in [-0.15, -0.1) is 0 Å². The predicted octanol–water partition coefficient (Wildman–Crippen LogP) is 2.72. The van der Waals surface area contributed by atoms with Crippen molar-refractivity contribution < 1.29 is 14.5 Å². The molecule has 33 heavy (non-hydrogen) atoms. The normalized spacial score (nSPS) is 24.3. The number of hydrogen-bond acceptors (Lipinski definition) is 7. The van der Waals surface area contributed by atoms with Crippen LogP contribution in [-0.2, 0) is 15.6 Å². The van der Waals surface area contributed by atoms with Crippen molar-refractivity contribution in [3.63, 3.8) is 0 Å². The maximum absolute atomic E-state index is 13.7. The fourth-order valence-electron chi connectivity index (χ4n) is 5.49. The molecule has 5 rings (SSSR count). The number of hydrogen-bond donors (Lipinski definition) is 2. The third kappa shape index (κ3) is 2.63. The molecule has 2 aliphatic rings. The van der Waals surface area contributed by atoms with Crippen LogP contribution in [0.25, 0.3) is 11.0 Å². The van der Waals surface area contributed by atoms with Gasteiger partial charge in [-0.3, -0.25) is 35.5 Å². The first-order chi connectivity index (χ1) is 15.6. The van der Waals surface area contributed by atoms with Gasteiger partial charge in [-0.1, -0.05) is 26.8 Å². The minimum atomic E-state index is -1.06. The van der Waals surface area contributed by atoms with Crippen LogP contribution in [0.4, 0.5) is 5.69 Å².